The zero-order chi connectivity index (χ0) is 15.9. The second-order valence-corrected chi connectivity index (χ2v) is 5.78. The summed E-state index contributed by atoms with van der Waals surface area (Å²) in [5.74, 6) is -0.299. The van der Waals surface area contributed by atoms with Crippen molar-refractivity contribution in [1.29, 1.82) is 0 Å². The summed E-state index contributed by atoms with van der Waals surface area (Å²) >= 11 is 0. The van der Waals surface area contributed by atoms with Gasteiger partial charge in [-0.3, -0.25) is 4.18 Å². The molecule has 8 heteroatoms. The first-order chi connectivity index (χ1) is 9.87. The van der Waals surface area contributed by atoms with Crippen LogP contribution in [-0.4, -0.2) is 47.8 Å². The van der Waals surface area contributed by atoms with Gasteiger partial charge in [0.15, 0.2) is 12.9 Å². The van der Waals surface area contributed by atoms with Gasteiger partial charge in [-0.25, -0.2) is 4.79 Å². The minimum Gasteiger partial charge on any atom is -0.467 e. The third kappa shape index (κ3) is 6.11. The Morgan fingerprint density at radius 2 is 1.90 bits per heavy atom. The largest absolute Gasteiger partial charge is 0.467 e. The number of rotatable bonds is 8. The Bertz CT molecular complexity index is 568. The SMILES string of the molecule is COCOc1ccccc1CC(OS(C)(=O)=O)C(=O)OC. The van der Waals surface area contributed by atoms with Crippen LogP contribution in [0.15, 0.2) is 24.3 Å². The van der Waals surface area contributed by atoms with Crippen molar-refractivity contribution in [3.05, 3.63) is 29.8 Å². The van der Waals surface area contributed by atoms with E-state index in [0.717, 1.165) is 13.4 Å². The van der Waals surface area contributed by atoms with Crippen LogP contribution in [0.25, 0.3) is 0 Å². The number of carbonyl (C=O) groups is 1. The summed E-state index contributed by atoms with van der Waals surface area (Å²) in [7, 11) is -1.15. The van der Waals surface area contributed by atoms with E-state index in [1.807, 2.05) is 0 Å². The topological polar surface area (TPSA) is 88.1 Å². The number of methoxy groups -OCH3 is 2. The molecular weight excluding hydrogens is 300 g/mol. The fourth-order valence-corrected chi connectivity index (χ4v) is 2.20. The molecule has 118 valence electrons. The van der Waals surface area contributed by atoms with Gasteiger partial charge >= 0.3 is 5.97 Å². The van der Waals surface area contributed by atoms with E-state index in [2.05, 4.69) is 4.74 Å². The third-order valence-corrected chi connectivity index (χ3v) is 3.05. The Morgan fingerprint density at radius 3 is 2.48 bits per heavy atom. The first kappa shape index (κ1) is 17.4. The lowest BCUT2D eigenvalue weighted by Crippen LogP contribution is -2.30. The Labute approximate surface area is 123 Å². The summed E-state index contributed by atoms with van der Waals surface area (Å²) in [5.41, 5.74) is 0.605. The number of carbonyl (C=O) groups excluding carboxylic acids is 1. The van der Waals surface area contributed by atoms with Crippen LogP contribution in [0.4, 0.5) is 0 Å². The highest BCUT2D eigenvalue weighted by Crippen LogP contribution is 2.21. The van der Waals surface area contributed by atoms with E-state index in [4.69, 9.17) is 13.7 Å². The van der Waals surface area contributed by atoms with Crippen LogP contribution in [0.5, 0.6) is 5.75 Å². The molecule has 7 nitrogen and oxygen atoms in total. The molecule has 0 aliphatic carbocycles. The zero-order valence-electron chi connectivity index (χ0n) is 12.1. The third-order valence-electron chi connectivity index (χ3n) is 2.47. The number of esters is 1. The average molecular weight is 318 g/mol. The highest BCUT2D eigenvalue weighted by Gasteiger charge is 2.26. The molecule has 0 heterocycles. The summed E-state index contributed by atoms with van der Waals surface area (Å²) in [6, 6.07) is 6.87. The molecular formula is C13H18O7S. The van der Waals surface area contributed by atoms with Gasteiger partial charge in [0, 0.05) is 13.5 Å². The van der Waals surface area contributed by atoms with Gasteiger partial charge in [-0.05, 0) is 11.6 Å². The van der Waals surface area contributed by atoms with Gasteiger partial charge in [0.05, 0.1) is 13.4 Å². The van der Waals surface area contributed by atoms with Crippen LogP contribution >= 0.6 is 0 Å². The number of benzene rings is 1. The Hall–Kier alpha value is -1.64. The molecule has 0 spiro atoms. The minimum absolute atomic E-state index is 0.000366. The first-order valence-corrected chi connectivity index (χ1v) is 7.84. The summed E-state index contributed by atoms with van der Waals surface area (Å²) in [6.07, 6.45) is -0.395. The normalized spacial score (nSPS) is 12.7. The molecule has 0 aliphatic heterocycles. The molecule has 0 fully saturated rings. The predicted octanol–water partition coefficient (Wildman–Crippen LogP) is 0.730. The highest BCUT2D eigenvalue weighted by atomic mass is 32.2. The van der Waals surface area contributed by atoms with Gasteiger partial charge in [-0.1, -0.05) is 18.2 Å². The van der Waals surface area contributed by atoms with Gasteiger partial charge < -0.3 is 14.2 Å². The van der Waals surface area contributed by atoms with E-state index in [9.17, 15) is 13.2 Å². The molecule has 0 N–H and O–H groups in total. The second kappa shape index (κ2) is 7.96. The summed E-state index contributed by atoms with van der Waals surface area (Å²) in [4.78, 5) is 11.6. The van der Waals surface area contributed by atoms with Crippen LogP contribution in [0.2, 0.25) is 0 Å². The molecule has 0 bridgehead atoms. The fourth-order valence-electron chi connectivity index (χ4n) is 1.63. The smallest absolute Gasteiger partial charge is 0.336 e. The molecule has 1 rings (SSSR count). The highest BCUT2D eigenvalue weighted by molar-refractivity contribution is 7.86. The van der Waals surface area contributed by atoms with E-state index >= 15 is 0 Å². The van der Waals surface area contributed by atoms with E-state index in [0.29, 0.717) is 11.3 Å². The molecule has 1 atom stereocenters. The molecule has 0 amide bonds. The summed E-state index contributed by atoms with van der Waals surface area (Å²) in [5, 5.41) is 0. The van der Waals surface area contributed by atoms with Crippen LogP contribution in [0, 0.1) is 0 Å². The lowest BCUT2D eigenvalue weighted by atomic mass is 10.1. The van der Waals surface area contributed by atoms with Crippen molar-refractivity contribution in [3.8, 4) is 5.75 Å². The molecule has 0 saturated carbocycles. The Kier molecular flexibility index (Phi) is 6.60. The number of hydrogen-bond donors (Lipinski definition) is 0. The average Bonchev–Trinajstić information content (AvgIpc) is 2.43. The quantitative estimate of drug-likeness (QED) is 0.396. The van der Waals surface area contributed by atoms with E-state index in [1.165, 1.54) is 7.11 Å². The van der Waals surface area contributed by atoms with Crippen LogP contribution < -0.4 is 4.74 Å². The van der Waals surface area contributed by atoms with E-state index in [1.54, 1.807) is 24.3 Å². The molecule has 0 aromatic heterocycles. The lowest BCUT2D eigenvalue weighted by Gasteiger charge is -2.16. The molecule has 0 radical (unpaired) electrons. The predicted molar refractivity (Wildman–Crippen MR) is 74.4 cm³/mol. The molecule has 0 saturated heterocycles. The van der Waals surface area contributed by atoms with Gasteiger partial charge in [-0.2, -0.15) is 8.42 Å². The lowest BCUT2D eigenvalue weighted by molar-refractivity contribution is -0.148. The van der Waals surface area contributed by atoms with Crippen LogP contribution in [-0.2, 0) is 35.0 Å². The maximum absolute atomic E-state index is 11.6. The summed E-state index contributed by atoms with van der Waals surface area (Å²) < 4.78 is 41.9. The fraction of sp³-hybridized carbons (Fsp3) is 0.462. The molecule has 1 aromatic rings. The van der Waals surface area contributed by atoms with Gasteiger partial charge in [0.25, 0.3) is 10.1 Å². The Balaban J connectivity index is 2.95. The second-order valence-electron chi connectivity index (χ2n) is 4.17. The molecule has 1 aromatic carbocycles. The van der Waals surface area contributed by atoms with Gasteiger partial charge in [0.2, 0.25) is 0 Å². The van der Waals surface area contributed by atoms with Gasteiger partial charge in [0.1, 0.15) is 5.75 Å². The van der Waals surface area contributed by atoms with Crippen molar-refractivity contribution in [2.24, 2.45) is 0 Å². The monoisotopic (exact) mass is 318 g/mol. The van der Waals surface area contributed by atoms with E-state index in [-0.39, 0.29) is 13.2 Å². The maximum Gasteiger partial charge on any atom is 0.336 e. The van der Waals surface area contributed by atoms with Crippen molar-refractivity contribution >= 4 is 16.1 Å². The number of hydrogen-bond acceptors (Lipinski definition) is 7. The molecule has 0 aliphatic rings. The molecule has 21 heavy (non-hydrogen) atoms. The molecule has 1 unspecified atom stereocenters. The number of ether oxygens (including phenoxy) is 3. The van der Waals surface area contributed by atoms with Crippen molar-refractivity contribution in [3.63, 3.8) is 0 Å². The number of para-hydroxylation sites is 1. The van der Waals surface area contributed by atoms with Crippen LogP contribution in [0.1, 0.15) is 5.56 Å². The van der Waals surface area contributed by atoms with Crippen molar-refractivity contribution < 1.29 is 31.6 Å². The first-order valence-electron chi connectivity index (χ1n) is 6.03. The standard InChI is InChI=1S/C13H18O7S/c1-17-9-19-11-7-5-4-6-10(11)8-12(13(14)18-2)20-21(3,15)16/h4-7,12H,8-9H2,1-3H3. The van der Waals surface area contributed by atoms with Gasteiger partial charge in [-0.15, -0.1) is 0 Å². The Morgan fingerprint density at radius 1 is 1.24 bits per heavy atom. The minimum atomic E-state index is -3.79. The van der Waals surface area contributed by atoms with Crippen LogP contribution in [0.3, 0.4) is 0 Å². The maximum atomic E-state index is 11.6. The van der Waals surface area contributed by atoms with E-state index < -0.39 is 22.2 Å². The zero-order valence-corrected chi connectivity index (χ0v) is 12.9. The van der Waals surface area contributed by atoms with Crippen molar-refractivity contribution in [2.45, 2.75) is 12.5 Å². The van der Waals surface area contributed by atoms with Crippen molar-refractivity contribution in [2.75, 3.05) is 27.3 Å². The summed E-state index contributed by atoms with van der Waals surface area (Å²) in [6.45, 7) is 0.0346. The van der Waals surface area contributed by atoms with Crippen molar-refractivity contribution in [1.82, 2.24) is 0 Å².